The van der Waals surface area contributed by atoms with Gasteiger partial charge in [-0.25, -0.2) is 0 Å². The van der Waals surface area contributed by atoms with Crippen molar-refractivity contribution < 1.29 is 14.6 Å². The number of hydrogen-bond donors (Lipinski definition) is 1. The number of benzene rings is 2. The molecule has 2 aromatic carbocycles. The van der Waals surface area contributed by atoms with Crippen LogP contribution in [0.25, 0.3) is 22.0 Å². The van der Waals surface area contributed by atoms with Crippen molar-refractivity contribution in [3.63, 3.8) is 0 Å². The third kappa shape index (κ3) is 3.96. The van der Waals surface area contributed by atoms with Gasteiger partial charge in [0.15, 0.2) is 0 Å². The van der Waals surface area contributed by atoms with Gasteiger partial charge in [-0.2, -0.15) is 0 Å². The number of ether oxygens (including phenoxy) is 1. The topological polar surface area (TPSA) is 59.4 Å². The van der Waals surface area contributed by atoms with E-state index in [0.717, 1.165) is 40.6 Å². The molecule has 4 rings (SSSR count). The van der Waals surface area contributed by atoms with Gasteiger partial charge in [-0.3, -0.25) is 9.78 Å². The summed E-state index contributed by atoms with van der Waals surface area (Å²) in [5, 5.41) is 10.3. The van der Waals surface area contributed by atoms with Crippen LogP contribution in [0.2, 0.25) is 0 Å². The predicted octanol–water partition coefficient (Wildman–Crippen LogP) is 5.18. The van der Waals surface area contributed by atoms with E-state index in [4.69, 9.17) is 4.74 Å². The molecule has 0 unspecified atom stereocenters. The van der Waals surface area contributed by atoms with Crippen molar-refractivity contribution in [3.8, 4) is 16.9 Å². The van der Waals surface area contributed by atoms with Gasteiger partial charge in [0.1, 0.15) is 12.4 Å². The smallest absolute Gasteiger partial charge is 0.307 e. The Morgan fingerprint density at radius 3 is 2.82 bits per heavy atom. The number of carbonyl (C=O) groups is 1. The van der Waals surface area contributed by atoms with Crippen molar-refractivity contribution >= 4 is 16.9 Å². The molecule has 0 saturated carbocycles. The van der Waals surface area contributed by atoms with Crippen molar-refractivity contribution in [3.05, 3.63) is 84.1 Å². The van der Waals surface area contributed by atoms with Crippen LogP contribution in [-0.4, -0.2) is 22.7 Å². The summed E-state index contributed by atoms with van der Waals surface area (Å²) in [6, 6.07) is 15.6. The van der Waals surface area contributed by atoms with Crippen LogP contribution in [0, 0.1) is 0 Å². The van der Waals surface area contributed by atoms with Gasteiger partial charge in [-0.15, -0.1) is 0 Å². The van der Waals surface area contributed by atoms with E-state index in [0.29, 0.717) is 12.2 Å². The molecule has 1 aliphatic rings. The molecule has 28 heavy (non-hydrogen) atoms. The summed E-state index contributed by atoms with van der Waals surface area (Å²) in [5.74, 6) is -0.110. The molecule has 0 aliphatic heterocycles. The Morgan fingerprint density at radius 2 is 2.00 bits per heavy atom. The lowest BCUT2D eigenvalue weighted by Gasteiger charge is -2.14. The number of rotatable bonds is 6. The molecule has 140 valence electrons. The number of nitrogens with zero attached hydrogens (tertiary/aromatic N) is 1. The van der Waals surface area contributed by atoms with Gasteiger partial charge in [0, 0.05) is 11.6 Å². The second-order valence-corrected chi connectivity index (χ2v) is 6.82. The largest absolute Gasteiger partial charge is 0.489 e. The minimum absolute atomic E-state index is 0.0735. The molecular formula is C24H21NO3. The second-order valence-electron chi connectivity index (χ2n) is 6.82. The maximum atomic E-state index is 11.4. The van der Waals surface area contributed by atoms with Crippen LogP contribution in [0.4, 0.5) is 0 Å². The fourth-order valence-corrected chi connectivity index (χ4v) is 3.50. The summed E-state index contributed by atoms with van der Waals surface area (Å²) in [7, 11) is 0. The van der Waals surface area contributed by atoms with E-state index in [2.05, 4.69) is 23.2 Å². The summed E-state index contributed by atoms with van der Waals surface area (Å²) < 4.78 is 5.99. The van der Waals surface area contributed by atoms with Crippen LogP contribution >= 0.6 is 0 Å². The normalized spacial score (nSPS) is 13.4. The zero-order valence-corrected chi connectivity index (χ0v) is 15.5. The maximum Gasteiger partial charge on any atom is 0.307 e. The number of aliphatic carboxylic acids is 1. The molecule has 0 spiro atoms. The minimum Gasteiger partial charge on any atom is -0.489 e. The molecule has 0 saturated heterocycles. The van der Waals surface area contributed by atoms with Gasteiger partial charge in [0.05, 0.1) is 11.9 Å². The van der Waals surface area contributed by atoms with Gasteiger partial charge in [0.25, 0.3) is 0 Å². The van der Waals surface area contributed by atoms with Crippen molar-refractivity contribution in [2.45, 2.75) is 19.3 Å². The van der Waals surface area contributed by atoms with E-state index in [1.807, 2.05) is 48.5 Å². The van der Waals surface area contributed by atoms with E-state index < -0.39 is 5.97 Å². The highest BCUT2D eigenvalue weighted by molar-refractivity contribution is 5.97. The molecule has 4 nitrogen and oxygen atoms in total. The third-order valence-electron chi connectivity index (χ3n) is 4.80. The van der Waals surface area contributed by atoms with E-state index in [1.165, 1.54) is 5.57 Å². The first-order chi connectivity index (χ1) is 13.7. The Hall–Kier alpha value is -3.40. The Morgan fingerprint density at radius 1 is 1.11 bits per heavy atom. The van der Waals surface area contributed by atoms with Crippen LogP contribution < -0.4 is 4.74 Å². The van der Waals surface area contributed by atoms with Crippen molar-refractivity contribution in [2.24, 2.45) is 0 Å². The minimum atomic E-state index is -0.873. The van der Waals surface area contributed by atoms with E-state index in [-0.39, 0.29) is 6.42 Å². The van der Waals surface area contributed by atoms with Crippen LogP contribution in [0.3, 0.4) is 0 Å². The second kappa shape index (κ2) is 8.09. The average molecular weight is 371 g/mol. The molecular weight excluding hydrogens is 350 g/mol. The number of pyridine rings is 1. The number of hydrogen-bond acceptors (Lipinski definition) is 3. The summed E-state index contributed by atoms with van der Waals surface area (Å²) in [5.41, 5.74) is 4.55. The molecule has 1 heterocycles. The monoisotopic (exact) mass is 371 g/mol. The van der Waals surface area contributed by atoms with Gasteiger partial charge >= 0.3 is 5.97 Å². The van der Waals surface area contributed by atoms with Gasteiger partial charge in [-0.1, -0.05) is 48.6 Å². The molecule has 3 aromatic rings. The highest BCUT2D eigenvalue weighted by Gasteiger charge is 2.14. The van der Waals surface area contributed by atoms with Gasteiger partial charge in [0.2, 0.25) is 0 Å². The lowest BCUT2D eigenvalue weighted by atomic mass is 9.95. The molecule has 4 heteroatoms. The zero-order chi connectivity index (χ0) is 19.3. The van der Waals surface area contributed by atoms with E-state index >= 15 is 0 Å². The number of allylic oxidation sites excluding steroid dienone is 2. The molecule has 1 aromatic heterocycles. The quantitative estimate of drug-likeness (QED) is 0.648. The molecule has 1 aliphatic carbocycles. The van der Waals surface area contributed by atoms with Gasteiger partial charge < -0.3 is 9.84 Å². The van der Waals surface area contributed by atoms with Crippen molar-refractivity contribution in [1.29, 1.82) is 0 Å². The van der Waals surface area contributed by atoms with Crippen molar-refractivity contribution in [2.75, 3.05) is 6.61 Å². The number of fused-ring (bicyclic) bond motifs is 1. The molecule has 0 fully saturated rings. The van der Waals surface area contributed by atoms with Crippen LogP contribution in [0.15, 0.2) is 78.5 Å². The highest BCUT2D eigenvalue weighted by Crippen LogP contribution is 2.33. The molecule has 1 N–H and O–H groups in total. The Labute approximate surface area is 163 Å². The van der Waals surface area contributed by atoms with Crippen LogP contribution in [0.1, 0.15) is 18.4 Å². The van der Waals surface area contributed by atoms with Crippen LogP contribution in [-0.2, 0) is 11.2 Å². The number of carboxylic acid groups (broad SMARTS) is 1. The number of aromatic nitrogens is 1. The number of para-hydroxylation sites is 1. The first kappa shape index (κ1) is 18.0. The fraction of sp³-hybridized carbons (Fsp3) is 0.167. The van der Waals surface area contributed by atoms with Crippen molar-refractivity contribution in [1.82, 2.24) is 4.98 Å². The molecule has 0 bridgehead atoms. The first-order valence-corrected chi connectivity index (χ1v) is 9.38. The first-order valence-electron chi connectivity index (χ1n) is 9.38. The lowest BCUT2D eigenvalue weighted by Crippen LogP contribution is -2.04. The van der Waals surface area contributed by atoms with Gasteiger partial charge in [-0.05, 0) is 53.3 Å². The molecule has 0 amide bonds. The lowest BCUT2D eigenvalue weighted by molar-refractivity contribution is -0.136. The standard InChI is InChI=1S/C24H21NO3/c26-23(27)14-19-15-25-22-12-5-4-11-21(22)24(19)18-9-6-10-20(13-18)28-16-17-7-2-1-3-8-17/h2,4-13,15H,1,3,14,16H2,(H,26,27). The summed E-state index contributed by atoms with van der Waals surface area (Å²) in [6.07, 6.45) is 10.2. The van der Waals surface area contributed by atoms with E-state index in [1.54, 1.807) is 6.20 Å². The summed E-state index contributed by atoms with van der Waals surface area (Å²) in [4.78, 5) is 15.8. The zero-order valence-electron chi connectivity index (χ0n) is 15.5. The summed E-state index contributed by atoms with van der Waals surface area (Å²) in [6.45, 7) is 0.527. The highest BCUT2D eigenvalue weighted by atomic mass is 16.5. The Bertz CT molecular complexity index is 1080. The molecule has 0 atom stereocenters. The average Bonchev–Trinajstić information content (AvgIpc) is 2.73. The third-order valence-corrected chi connectivity index (χ3v) is 4.80. The fourth-order valence-electron chi connectivity index (χ4n) is 3.50. The maximum absolute atomic E-state index is 11.4. The number of carboxylic acids is 1. The van der Waals surface area contributed by atoms with E-state index in [9.17, 15) is 9.90 Å². The Kier molecular flexibility index (Phi) is 5.20. The predicted molar refractivity (Wildman–Crippen MR) is 110 cm³/mol. The van der Waals surface area contributed by atoms with Crippen LogP contribution in [0.5, 0.6) is 5.75 Å². The molecule has 0 radical (unpaired) electrons. The Balaban J connectivity index is 1.71. The summed E-state index contributed by atoms with van der Waals surface area (Å²) >= 11 is 0. The SMILES string of the molecule is O=C(O)Cc1cnc2ccccc2c1-c1cccc(OCC2=CCCC=C2)c1.